The summed E-state index contributed by atoms with van der Waals surface area (Å²) in [6.45, 7) is 4.47. The standard InChI is InChI=1S/C10H18F3N/c1-8(2)9(10(11,12)13)4-6-14(3)7-5-9/h8H,4-7H2,1-3H3. The van der Waals surface area contributed by atoms with Crippen LogP contribution in [0.15, 0.2) is 0 Å². The largest absolute Gasteiger partial charge is 0.394 e. The van der Waals surface area contributed by atoms with Crippen molar-refractivity contribution in [1.82, 2.24) is 4.90 Å². The Labute approximate surface area is 83.3 Å². The van der Waals surface area contributed by atoms with Gasteiger partial charge >= 0.3 is 6.18 Å². The van der Waals surface area contributed by atoms with Crippen molar-refractivity contribution in [3.05, 3.63) is 0 Å². The maximum absolute atomic E-state index is 13.0. The summed E-state index contributed by atoms with van der Waals surface area (Å²) in [6.07, 6.45) is -3.57. The number of alkyl halides is 3. The number of piperidine rings is 1. The van der Waals surface area contributed by atoms with E-state index in [0.29, 0.717) is 13.1 Å². The van der Waals surface area contributed by atoms with Crippen molar-refractivity contribution in [2.75, 3.05) is 20.1 Å². The number of rotatable bonds is 1. The Hall–Kier alpha value is -0.250. The summed E-state index contributed by atoms with van der Waals surface area (Å²) < 4.78 is 38.9. The number of hydrogen-bond donors (Lipinski definition) is 0. The lowest BCUT2D eigenvalue weighted by Gasteiger charge is -2.44. The van der Waals surface area contributed by atoms with Crippen LogP contribution in [-0.2, 0) is 0 Å². The lowest BCUT2D eigenvalue weighted by atomic mass is 9.69. The Morgan fingerprint density at radius 3 is 1.86 bits per heavy atom. The van der Waals surface area contributed by atoms with E-state index in [1.54, 1.807) is 13.8 Å². The van der Waals surface area contributed by atoms with Crippen LogP contribution in [0.2, 0.25) is 0 Å². The molecule has 0 bridgehead atoms. The highest BCUT2D eigenvalue weighted by atomic mass is 19.4. The van der Waals surface area contributed by atoms with E-state index in [9.17, 15) is 13.2 Å². The summed E-state index contributed by atoms with van der Waals surface area (Å²) in [5, 5.41) is 0. The normalized spacial score (nSPS) is 24.2. The second kappa shape index (κ2) is 3.72. The maximum Gasteiger partial charge on any atom is 0.394 e. The average Bonchev–Trinajstić information content (AvgIpc) is 2.02. The topological polar surface area (TPSA) is 3.24 Å². The van der Waals surface area contributed by atoms with Crippen molar-refractivity contribution < 1.29 is 13.2 Å². The molecule has 0 amide bonds. The third-order valence-electron chi connectivity index (χ3n) is 3.55. The molecule has 1 aliphatic rings. The molecule has 0 aromatic carbocycles. The molecule has 1 saturated heterocycles. The zero-order chi connectivity index (χ0) is 11.0. The van der Waals surface area contributed by atoms with Crippen molar-refractivity contribution >= 4 is 0 Å². The van der Waals surface area contributed by atoms with E-state index in [4.69, 9.17) is 0 Å². The fraction of sp³-hybridized carbons (Fsp3) is 1.00. The van der Waals surface area contributed by atoms with Crippen LogP contribution in [0, 0.1) is 11.3 Å². The fourth-order valence-corrected chi connectivity index (χ4v) is 2.21. The molecule has 0 atom stereocenters. The zero-order valence-corrected chi connectivity index (χ0v) is 8.99. The van der Waals surface area contributed by atoms with E-state index >= 15 is 0 Å². The molecule has 1 nitrogen and oxygen atoms in total. The molecule has 0 N–H and O–H groups in total. The molecule has 0 saturated carbocycles. The van der Waals surface area contributed by atoms with Crippen LogP contribution in [-0.4, -0.2) is 31.2 Å². The third-order valence-corrected chi connectivity index (χ3v) is 3.55. The summed E-state index contributed by atoms with van der Waals surface area (Å²) in [6, 6.07) is 0. The molecule has 4 heteroatoms. The van der Waals surface area contributed by atoms with Crippen molar-refractivity contribution in [3.63, 3.8) is 0 Å². The summed E-state index contributed by atoms with van der Waals surface area (Å²) in [5.74, 6) is -0.323. The maximum atomic E-state index is 13.0. The van der Waals surface area contributed by atoms with Gasteiger partial charge in [0.25, 0.3) is 0 Å². The van der Waals surface area contributed by atoms with E-state index in [1.165, 1.54) is 0 Å². The van der Waals surface area contributed by atoms with Crippen LogP contribution in [0.1, 0.15) is 26.7 Å². The summed E-state index contributed by atoms with van der Waals surface area (Å²) in [7, 11) is 1.88. The number of likely N-dealkylation sites (tertiary alicyclic amines) is 1. The van der Waals surface area contributed by atoms with Gasteiger partial charge in [0.05, 0.1) is 5.41 Å². The second-order valence-corrected chi connectivity index (χ2v) is 4.61. The summed E-state index contributed by atoms with van der Waals surface area (Å²) in [4.78, 5) is 1.96. The van der Waals surface area contributed by atoms with Gasteiger partial charge in [-0.3, -0.25) is 0 Å². The first-order valence-corrected chi connectivity index (χ1v) is 5.05. The minimum atomic E-state index is -4.05. The molecule has 0 aromatic heterocycles. The molecule has 1 fully saturated rings. The Bertz CT molecular complexity index is 190. The smallest absolute Gasteiger partial charge is 0.306 e. The molecular formula is C10H18F3N. The first-order valence-electron chi connectivity index (χ1n) is 5.05. The highest BCUT2D eigenvalue weighted by Crippen LogP contribution is 2.51. The number of hydrogen-bond acceptors (Lipinski definition) is 1. The van der Waals surface area contributed by atoms with Gasteiger partial charge < -0.3 is 4.90 Å². The van der Waals surface area contributed by atoms with Gasteiger partial charge in [-0.2, -0.15) is 13.2 Å². The van der Waals surface area contributed by atoms with Gasteiger partial charge in [-0.05, 0) is 38.9 Å². The molecule has 1 aliphatic heterocycles. The third kappa shape index (κ3) is 1.90. The zero-order valence-electron chi connectivity index (χ0n) is 8.99. The van der Waals surface area contributed by atoms with Gasteiger partial charge in [-0.25, -0.2) is 0 Å². The van der Waals surface area contributed by atoms with Crippen molar-refractivity contribution in [1.29, 1.82) is 0 Å². The lowest BCUT2D eigenvalue weighted by molar-refractivity contribution is -0.252. The van der Waals surface area contributed by atoms with E-state index in [0.717, 1.165) is 0 Å². The van der Waals surface area contributed by atoms with Crippen LogP contribution < -0.4 is 0 Å². The van der Waals surface area contributed by atoms with Gasteiger partial charge in [0.15, 0.2) is 0 Å². The second-order valence-electron chi connectivity index (χ2n) is 4.61. The molecule has 1 rings (SSSR count). The van der Waals surface area contributed by atoms with Gasteiger partial charge in [0.2, 0.25) is 0 Å². The van der Waals surface area contributed by atoms with Crippen LogP contribution in [0.5, 0.6) is 0 Å². The van der Waals surface area contributed by atoms with Crippen molar-refractivity contribution in [2.24, 2.45) is 11.3 Å². The van der Waals surface area contributed by atoms with E-state index in [-0.39, 0.29) is 18.8 Å². The van der Waals surface area contributed by atoms with Crippen molar-refractivity contribution in [2.45, 2.75) is 32.9 Å². The van der Waals surface area contributed by atoms with Gasteiger partial charge in [-0.1, -0.05) is 13.8 Å². The monoisotopic (exact) mass is 209 g/mol. The van der Waals surface area contributed by atoms with E-state index < -0.39 is 11.6 Å². The van der Waals surface area contributed by atoms with Gasteiger partial charge in [0.1, 0.15) is 0 Å². The fourth-order valence-electron chi connectivity index (χ4n) is 2.21. The summed E-state index contributed by atoms with van der Waals surface area (Å²) >= 11 is 0. The van der Waals surface area contributed by atoms with Crippen LogP contribution in [0.3, 0.4) is 0 Å². The SMILES string of the molecule is CC(C)C1(C(F)(F)F)CCN(C)CC1. The first-order chi connectivity index (χ1) is 6.29. The first kappa shape index (κ1) is 11.8. The van der Waals surface area contributed by atoms with Crippen molar-refractivity contribution in [3.8, 4) is 0 Å². The molecule has 0 spiro atoms. The van der Waals surface area contributed by atoms with E-state index in [2.05, 4.69) is 0 Å². The van der Waals surface area contributed by atoms with Crippen LogP contribution >= 0.6 is 0 Å². The Morgan fingerprint density at radius 2 is 1.57 bits per heavy atom. The quantitative estimate of drug-likeness (QED) is 0.641. The molecule has 0 radical (unpaired) electrons. The molecule has 0 aliphatic carbocycles. The molecule has 1 heterocycles. The number of nitrogens with zero attached hydrogens (tertiary/aromatic N) is 1. The predicted octanol–water partition coefficient (Wildman–Crippen LogP) is 2.92. The minimum Gasteiger partial charge on any atom is -0.306 e. The highest BCUT2D eigenvalue weighted by Gasteiger charge is 2.56. The lowest BCUT2D eigenvalue weighted by Crippen LogP contribution is -2.50. The van der Waals surface area contributed by atoms with E-state index in [1.807, 2.05) is 11.9 Å². The minimum absolute atomic E-state index is 0.241. The van der Waals surface area contributed by atoms with Crippen LogP contribution in [0.4, 0.5) is 13.2 Å². The average molecular weight is 209 g/mol. The summed E-state index contributed by atoms with van der Waals surface area (Å²) in [5.41, 5.74) is -1.44. The molecular weight excluding hydrogens is 191 g/mol. The van der Waals surface area contributed by atoms with Gasteiger partial charge in [0, 0.05) is 0 Å². The molecule has 0 aromatic rings. The molecule has 0 unspecified atom stereocenters. The van der Waals surface area contributed by atoms with Gasteiger partial charge in [-0.15, -0.1) is 0 Å². The van der Waals surface area contributed by atoms with Crippen LogP contribution in [0.25, 0.3) is 0 Å². The number of halogens is 3. The molecule has 14 heavy (non-hydrogen) atoms. The highest BCUT2D eigenvalue weighted by molar-refractivity contribution is 4.93. The Kier molecular flexibility index (Phi) is 3.14. The predicted molar refractivity (Wildman–Crippen MR) is 50.1 cm³/mol. The Morgan fingerprint density at radius 1 is 1.14 bits per heavy atom. The molecule has 84 valence electrons. The Balaban J connectivity index is 2.84.